The molecule has 6 heteroatoms. The summed E-state index contributed by atoms with van der Waals surface area (Å²) in [6.07, 6.45) is 0. The van der Waals surface area contributed by atoms with E-state index in [1.807, 2.05) is 55.5 Å². The third kappa shape index (κ3) is 4.06. The summed E-state index contributed by atoms with van der Waals surface area (Å²) in [4.78, 5) is 16.7. The standard InChI is InChI=1S/C21H18N2O3S/c1-14-6-5-9-17-19(14)23-21(26-17)27-13-16-10-11-18(25-16)20(24)22-12-15-7-3-2-4-8-15/h2-11H,12-13H2,1H3,(H,22,24). The number of amides is 1. The minimum atomic E-state index is -0.229. The number of carbonyl (C=O) groups is 1. The van der Waals surface area contributed by atoms with Gasteiger partial charge in [0.05, 0.1) is 5.75 Å². The van der Waals surface area contributed by atoms with Gasteiger partial charge >= 0.3 is 0 Å². The average Bonchev–Trinajstić information content (AvgIpc) is 3.33. The monoisotopic (exact) mass is 378 g/mol. The fraction of sp³-hybridized carbons (Fsp3) is 0.143. The van der Waals surface area contributed by atoms with Gasteiger partial charge in [0, 0.05) is 6.54 Å². The Morgan fingerprint density at radius 3 is 2.70 bits per heavy atom. The van der Waals surface area contributed by atoms with E-state index < -0.39 is 0 Å². The Kier molecular flexibility index (Phi) is 4.98. The first-order valence-electron chi connectivity index (χ1n) is 8.59. The lowest BCUT2D eigenvalue weighted by Crippen LogP contribution is -2.22. The SMILES string of the molecule is Cc1cccc2oc(SCc3ccc(C(=O)NCc4ccccc4)o3)nc12. The molecule has 0 aliphatic heterocycles. The molecule has 4 rings (SSSR count). The summed E-state index contributed by atoms with van der Waals surface area (Å²) in [5.41, 5.74) is 3.77. The molecule has 0 saturated carbocycles. The molecule has 136 valence electrons. The number of benzene rings is 2. The maximum atomic E-state index is 12.2. The lowest BCUT2D eigenvalue weighted by atomic mass is 10.2. The van der Waals surface area contributed by atoms with E-state index in [4.69, 9.17) is 8.83 Å². The van der Waals surface area contributed by atoms with Crippen LogP contribution in [0.5, 0.6) is 0 Å². The van der Waals surface area contributed by atoms with E-state index in [0.717, 1.165) is 22.2 Å². The molecule has 2 heterocycles. The van der Waals surface area contributed by atoms with E-state index in [2.05, 4.69) is 10.3 Å². The number of oxazole rings is 1. The molecular formula is C21H18N2O3S. The molecule has 2 aromatic carbocycles. The van der Waals surface area contributed by atoms with Gasteiger partial charge in [-0.05, 0) is 36.2 Å². The molecule has 0 saturated heterocycles. The van der Waals surface area contributed by atoms with Crippen LogP contribution < -0.4 is 5.32 Å². The number of rotatable bonds is 6. The van der Waals surface area contributed by atoms with Crippen LogP contribution in [0.2, 0.25) is 0 Å². The highest BCUT2D eigenvalue weighted by atomic mass is 32.2. The number of aromatic nitrogens is 1. The highest BCUT2D eigenvalue weighted by Crippen LogP contribution is 2.28. The number of nitrogens with zero attached hydrogens (tertiary/aromatic N) is 1. The van der Waals surface area contributed by atoms with Crippen LogP contribution in [0.25, 0.3) is 11.1 Å². The summed E-state index contributed by atoms with van der Waals surface area (Å²) in [6.45, 7) is 2.47. The number of fused-ring (bicyclic) bond motifs is 1. The van der Waals surface area contributed by atoms with Crippen molar-refractivity contribution in [1.82, 2.24) is 10.3 Å². The number of furan rings is 1. The van der Waals surface area contributed by atoms with Gasteiger partial charge in [-0.3, -0.25) is 4.79 Å². The number of thioether (sulfide) groups is 1. The van der Waals surface area contributed by atoms with E-state index >= 15 is 0 Å². The van der Waals surface area contributed by atoms with Crippen LogP contribution in [-0.2, 0) is 12.3 Å². The second-order valence-corrected chi connectivity index (χ2v) is 7.05. The molecule has 5 nitrogen and oxygen atoms in total. The predicted molar refractivity (Wildman–Crippen MR) is 105 cm³/mol. The molecule has 0 radical (unpaired) electrons. The first-order chi connectivity index (χ1) is 13.2. The Bertz CT molecular complexity index is 1070. The Balaban J connectivity index is 1.36. The maximum Gasteiger partial charge on any atom is 0.287 e. The van der Waals surface area contributed by atoms with Gasteiger partial charge in [-0.2, -0.15) is 0 Å². The third-order valence-electron chi connectivity index (χ3n) is 4.12. The van der Waals surface area contributed by atoms with Crippen LogP contribution in [0.15, 0.2) is 74.7 Å². The minimum absolute atomic E-state index is 0.229. The van der Waals surface area contributed by atoms with Crippen molar-refractivity contribution in [2.45, 2.75) is 24.4 Å². The lowest BCUT2D eigenvalue weighted by molar-refractivity contribution is 0.0922. The zero-order chi connectivity index (χ0) is 18.6. The summed E-state index contributed by atoms with van der Waals surface area (Å²) in [7, 11) is 0. The Morgan fingerprint density at radius 1 is 1.04 bits per heavy atom. The largest absolute Gasteiger partial charge is 0.455 e. The molecule has 1 amide bonds. The molecule has 4 aromatic rings. The van der Waals surface area contributed by atoms with E-state index in [9.17, 15) is 4.79 Å². The minimum Gasteiger partial charge on any atom is -0.455 e. The molecule has 1 N–H and O–H groups in total. The zero-order valence-electron chi connectivity index (χ0n) is 14.8. The van der Waals surface area contributed by atoms with Crippen LogP contribution in [0.1, 0.15) is 27.4 Å². The number of carbonyl (C=O) groups excluding carboxylic acids is 1. The van der Waals surface area contributed by atoms with Gasteiger partial charge in [-0.25, -0.2) is 4.98 Å². The molecule has 0 aliphatic rings. The highest BCUT2D eigenvalue weighted by molar-refractivity contribution is 7.98. The summed E-state index contributed by atoms with van der Waals surface area (Å²) < 4.78 is 11.4. The second-order valence-electron chi connectivity index (χ2n) is 6.12. The van der Waals surface area contributed by atoms with Gasteiger partial charge in [-0.15, -0.1) is 0 Å². The number of para-hydroxylation sites is 1. The van der Waals surface area contributed by atoms with Crippen molar-refractivity contribution in [3.05, 3.63) is 83.3 Å². The lowest BCUT2D eigenvalue weighted by Gasteiger charge is -2.03. The second kappa shape index (κ2) is 7.72. The van der Waals surface area contributed by atoms with Gasteiger partial charge in [0.2, 0.25) is 0 Å². The van der Waals surface area contributed by atoms with Crippen LogP contribution in [0, 0.1) is 6.92 Å². The van der Waals surface area contributed by atoms with Crippen LogP contribution in [-0.4, -0.2) is 10.9 Å². The molecule has 0 bridgehead atoms. The van der Waals surface area contributed by atoms with Gasteiger partial charge in [0.25, 0.3) is 11.1 Å². The number of hydrogen-bond acceptors (Lipinski definition) is 5. The Labute approximate surface area is 160 Å². The fourth-order valence-corrected chi connectivity index (χ4v) is 3.43. The molecule has 0 fully saturated rings. The molecule has 2 aromatic heterocycles. The van der Waals surface area contributed by atoms with Crippen molar-refractivity contribution in [1.29, 1.82) is 0 Å². The van der Waals surface area contributed by atoms with Crippen molar-refractivity contribution in [2.75, 3.05) is 0 Å². The third-order valence-corrected chi connectivity index (χ3v) is 4.97. The summed E-state index contributed by atoms with van der Waals surface area (Å²) in [5.74, 6) is 1.31. The normalized spacial score (nSPS) is 11.0. The van der Waals surface area contributed by atoms with Gasteiger partial charge in [0.15, 0.2) is 11.3 Å². The van der Waals surface area contributed by atoms with E-state index in [-0.39, 0.29) is 5.91 Å². The Hall–Kier alpha value is -2.99. The van der Waals surface area contributed by atoms with Crippen molar-refractivity contribution in [3.8, 4) is 0 Å². The van der Waals surface area contributed by atoms with Gasteiger partial charge < -0.3 is 14.2 Å². The maximum absolute atomic E-state index is 12.2. The molecule has 0 atom stereocenters. The first kappa shape index (κ1) is 17.4. The number of aryl methyl sites for hydroxylation is 1. The van der Waals surface area contributed by atoms with Crippen LogP contribution >= 0.6 is 11.8 Å². The van der Waals surface area contributed by atoms with Crippen molar-refractivity contribution < 1.29 is 13.6 Å². The van der Waals surface area contributed by atoms with Crippen molar-refractivity contribution in [3.63, 3.8) is 0 Å². The summed E-state index contributed by atoms with van der Waals surface area (Å²) >= 11 is 1.44. The fourth-order valence-electron chi connectivity index (χ4n) is 2.70. The van der Waals surface area contributed by atoms with E-state index in [1.165, 1.54) is 11.8 Å². The molecule has 0 spiro atoms. The summed E-state index contributed by atoms with van der Waals surface area (Å²) in [6, 6.07) is 19.1. The smallest absolute Gasteiger partial charge is 0.287 e. The van der Waals surface area contributed by atoms with Crippen LogP contribution in [0.3, 0.4) is 0 Å². The van der Waals surface area contributed by atoms with Gasteiger partial charge in [0.1, 0.15) is 11.3 Å². The van der Waals surface area contributed by atoms with Crippen molar-refractivity contribution >= 4 is 28.8 Å². The highest BCUT2D eigenvalue weighted by Gasteiger charge is 2.13. The van der Waals surface area contributed by atoms with Crippen molar-refractivity contribution in [2.24, 2.45) is 0 Å². The predicted octanol–water partition coefficient (Wildman–Crippen LogP) is 4.95. The quantitative estimate of drug-likeness (QED) is 0.481. The Morgan fingerprint density at radius 2 is 1.89 bits per heavy atom. The number of hydrogen-bond donors (Lipinski definition) is 1. The van der Waals surface area contributed by atoms with Crippen LogP contribution in [0.4, 0.5) is 0 Å². The summed E-state index contributed by atoms with van der Waals surface area (Å²) in [5, 5.41) is 3.44. The molecule has 0 unspecified atom stereocenters. The first-order valence-corrected chi connectivity index (χ1v) is 9.57. The van der Waals surface area contributed by atoms with E-state index in [1.54, 1.807) is 12.1 Å². The average molecular weight is 378 g/mol. The molecule has 0 aliphatic carbocycles. The van der Waals surface area contributed by atoms with E-state index in [0.29, 0.717) is 29.0 Å². The molecular weight excluding hydrogens is 360 g/mol. The zero-order valence-corrected chi connectivity index (χ0v) is 15.6. The van der Waals surface area contributed by atoms with Gasteiger partial charge in [-0.1, -0.05) is 54.2 Å². The topological polar surface area (TPSA) is 68.3 Å². The molecule has 27 heavy (non-hydrogen) atoms. The number of nitrogens with one attached hydrogen (secondary N) is 1.